The first kappa shape index (κ1) is 19.8. The first-order valence-electron chi connectivity index (χ1n) is 9.08. The molecule has 0 fully saturated rings. The van der Waals surface area contributed by atoms with Gasteiger partial charge in [0.2, 0.25) is 5.91 Å². The maximum absolute atomic E-state index is 12.5. The summed E-state index contributed by atoms with van der Waals surface area (Å²) in [7, 11) is 1.81. The van der Waals surface area contributed by atoms with Crippen molar-refractivity contribution in [1.82, 2.24) is 25.0 Å². The molecular weight excluding hydrogens is 374 g/mol. The minimum absolute atomic E-state index is 0.0435. The van der Waals surface area contributed by atoms with Gasteiger partial charge in [-0.25, -0.2) is 9.67 Å². The normalized spacial score (nSPS) is 11.8. The molecule has 0 spiro atoms. The van der Waals surface area contributed by atoms with Crippen LogP contribution < -0.4 is 5.32 Å². The predicted molar refractivity (Wildman–Crippen MR) is 108 cm³/mol. The quantitative estimate of drug-likeness (QED) is 0.593. The Hall–Kier alpha value is -3.00. The lowest BCUT2D eigenvalue weighted by Gasteiger charge is -2.25. The third-order valence-corrected chi connectivity index (χ3v) is 5.50. The van der Waals surface area contributed by atoms with E-state index in [9.17, 15) is 9.59 Å². The number of nitrogens with zero attached hydrogens (tertiary/aromatic N) is 4. The highest BCUT2D eigenvalue weighted by Crippen LogP contribution is 2.21. The summed E-state index contributed by atoms with van der Waals surface area (Å²) < 4.78 is 1.69. The highest BCUT2D eigenvalue weighted by atomic mass is 32.1. The SMILES string of the molecule is C[C@@H](c1ccc(-n2cncn2)cc1)N(C)C(=O)CCCNC(=O)c1cccs1. The summed E-state index contributed by atoms with van der Waals surface area (Å²) in [6.07, 6.45) is 4.14. The van der Waals surface area contributed by atoms with Gasteiger partial charge in [0.05, 0.1) is 16.6 Å². The van der Waals surface area contributed by atoms with E-state index in [0.717, 1.165) is 11.3 Å². The Morgan fingerprint density at radius 3 is 2.68 bits per heavy atom. The summed E-state index contributed by atoms with van der Waals surface area (Å²) in [5.74, 6) is -0.0325. The number of benzene rings is 1. The number of nitrogens with one attached hydrogen (secondary N) is 1. The van der Waals surface area contributed by atoms with E-state index in [-0.39, 0.29) is 17.9 Å². The highest BCUT2D eigenvalue weighted by molar-refractivity contribution is 7.12. The number of carbonyl (C=O) groups excluding carboxylic acids is 2. The molecule has 0 aliphatic carbocycles. The molecule has 1 aromatic carbocycles. The van der Waals surface area contributed by atoms with Crippen molar-refractivity contribution in [3.63, 3.8) is 0 Å². The topological polar surface area (TPSA) is 80.1 Å². The minimum atomic E-state index is -0.0864. The van der Waals surface area contributed by atoms with Gasteiger partial charge in [0.1, 0.15) is 12.7 Å². The molecule has 3 aromatic rings. The van der Waals surface area contributed by atoms with Gasteiger partial charge >= 0.3 is 0 Å². The molecule has 0 bridgehead atoms. The van der Waals surface area contributed by atoms with Gasteiger partial charge in [-0.15, -0.1) is 11.3 Å². The van der Waals surface area contributed by atoms with Crippen LogP contribution in [0.25, 0.3) is 5.69 Å². The van der Waals surface area contributed by atoms with E-state index < -0.39 is 0 Å². The Morgan fingerprint density at radius 2 is 2.04 bits per heavy atom. The Morgan fingerprint density at radius 1 is 1.25 bits per heavy atom. The first-order valence-corrected chi connectivity index (χ1v) is 9.96. The van der Waals surface area contributed by atoms with Crippen LogP contribution in [-0.4, -0.2) is 45.1 Å². The number of aromatic nitrogens is 3. The molecule has 1 atom stereocenters. The molecular formula is C20H23N5O2S. The molecule has 8 heteroatoms. The monoisotopic (exact) mass is 397 g/mol. The van der Waals surface area contributed by atoms with Crippen molar-refractivity contribution in [2.45, 2.75) is 25.8 Å². The van der Waals surface area contributed by atoms with Crippen LogP contribution in [0.15, 0.2) is 54.4 Å². The summed E-state index contributed by atoms with van der Waals surface area (Å²) in [6, 6.07) is 11.5. The van der Waals surface area contributed by atoms with Gasteiger partial charge in [-0.1, -0.05) is 18.2 Å². The maximum Gasteiger partial charge on any atom is 0.261 e. The predicted octanol–water partition coefficient (Wildman–Crippen LogP) is 3.06. The third-order valence-electron chi connectivity index (χ3n) is 4.63. The number of thiophene rings is 1. The number of hydrogen-bond acceptors (Lipinski definition) is 5. The summed E-state index contributed by atoms with van der Waals surface area (Å²) in [6.45, 7) is 2.48. The molecule has 2 aromatic heterocycles. The van der Waals surface area contributed by atoms with Crippen molar-refractivity contribution in [3.8, 4) is 5.69 Å². The van der Waals surface area contributed by atoms with E-state index in [2.05, 4.69) is 15.4 Å². The zero-order chi connectivity index (χ0) is 19.9. The number of rotatable bonds is 8. The van der Waals surface area contributed by atoms with Gasteiger partial charge in [0.15, 0.2) is 0 Å². The molecule has 3 rings (SSSR count). The summed E-state index contributed by atoms with van der Waals surface area (Å²) in [5, 5.41) is 8.82. The van der Waals surface area contributed by atoms with Crippen LogP contribution in [-0.2, 0) is 4.79 Å². The Labute approximate surface area is 168 Å². The number of hydrogen-bond donors (Lipinski definition) is 1. The Balaban J connectivity index is 1.46. The second kappa shape index (κ2) is 9.27. The fourth-order valence-corrected chi connectivity index (χ4v) is 3.44. The van der Waals surface area contributed by atoms with E-state index in [1.165, 1.54) is 17.7 Å². The second-order valence-corrected chi connectivity index (χ2v) is 7.40. The lowest BCUT2D eigenvalue weighted by atomic mass is 10.1. The average Bonchev–Trinajstić information content (AvgIpc) is 3.44. The van der Waals surface area contributed by atoms with Crippen LogP contribution in [0.4, 0.5) is 0 Å². The molecule has 0 radical (unpaired) electrons. The van der Waals surface area contributed by atoms with E-state index in [0.29, 0.717) is 24.3 Å². The Kier molecular flexibility index (Phi) is 6.54. The van der Waals surface area contributed by atoms with Gasteiger partial charge in [0, 0.05) is 20.0 Å². The van der Waals surface area contributed by atoms with Crippen LogP contribution >= 0.6 is 11.3 Å². The molecule has 0 aliphatic heterocycles. The van der Waals surface area contributed by atoms with Gasteiger partial charge in [-0.2, -0.15) is 5.10 Å². The summed E-state index contributed by atoms with van der Waals surface area (Å²) in [5.41, 5.74) is 1.97. The van der Waals surface area contributed by atoms with Crippen molar-refractivity contribution in [3.05, 3.63) is 64.9 Å². The standard InChI is InChI=1S/C20H23N5O2S/c1-15(16-7-9-17(10-8-16)25-14-21-13-23-25)24(2)19(26)6-3-11-22-20(27)18-5-4-12-28-18/h4-5,7-10,12-15H,3,6,11H2,1-2H3,(H,22,27)/t15-/m0/s1. The van der Waals surface area contributed by atoms with Crippen LogP contribution in [0, 0.1) is 0 Å². The maximum atomic E-state index is 12.5. The van der Waals surface area contributed by atoms with E-state index >= 15 is 0 Å². The van der Waals surface area contributed by atoms with Crippen LogP contribution in [0.5, 0.6) is 0 Å². The Bertz CT molecular complexity index is 891. The third kappa shape index (κ3) is 4.83. The molecule has 7 nitrogen and oxygen atoms in total. The molecule has 0 saturated carbocycles. The smallest absolute Gasteiger partial charge is 0.261 e. The largest absolute Gasteiger partial charge is 0.351 e. The molecule has 2 amide bonds. The molecule has 0 aliphatic rings. The number of carbonyl (C=O) groups is 2. The van der Waals surface area contributed by atoms with Gasteiger partial charge in [-0.05, 0) is 42.5 Å². The fraction of sp³-hybridized carbons (Fsp3) is 0.300. The van der Waals surface area contributed by atoms with Gasteiger partial charge in [0.25, 0.3) is 5.91 Å². The van der Waals surface area contributed by atoms with Crippen molar-refractivity contribution in [1.29, 1.82) is 0 Å². The van der Waals surface area contributed by atoms with E-state index in [1.807, 2.05) is 49.7 Å². The molecule has 28 heavy (non-hydrogen) atoms. The van der Waals surface area contributed by atoms with Gasteiger partial charge < -0.3 is 10.2 Å². The minimum Gasteiger partial charge on any atom is -0.351 e. The average molecular weight is 398 g/mol. The zero-order valence-electron chi connectivity index (χ0n) is 15.9. The fourth-order valence-electron chi connectivity index (χ4n) is 2.80. The van der Waals surface area contributed by atoms with Crippen LogP contribution in [0.2, 0.25) is 0 Å². The molecule has 0 saturated heterocycles. The summed E-state index contributed by atoms with van der Waals surface area (Å²) in [4.78, 5) is 30.7. The highest BCUT2D eigenvalue weighted by Gasteiger charge is 2.17. The second-order valence-electron chi connectivity index (χ2n) is 6.45. The van der Waals surface area contributed by atoms with E-state index in [4.69, 9.17) is 0 Å². The first-order chi connectivity index (χ1) is 13.6. The molecule has 146 valence electrons. The van der Waals surface area contributed by atoms with Crippen molar-refractivity contribution in [2.75, 3.05) is 13.6 Å². The zero-order valence-corrected chi connectivity index (χ0v) is 16.7. The lowest BCUT2D eigenvalue weighted by molar-refractivity contribution is -0.131. The van der Waals surface area contributed by atoms with Crippen LogP contribution in [0.3, 0.4) is 0 Å². The van der Waals surface area contributed by atoms with Gasteiger partial charge in [-0.3, -0.25) is 9.59 Å². The van der Waals surface area contributed by atoms with Crippen molar-refractivity contribution < 1.29 is 9.59 Å². The molecule has 1 N–H and O–H groups in total. The lowest BCUT2D eigenvalue weighted by Crippen LogP contribution is -2.31. The molecule has 0 unspecified atom stereocenters. The summed E-state index contributed by atoms with van der Waals surface area (Å²) >= 11 is 1.41. The number of amides is 2. The van der Waals surface area contributed by atoms with E-state index in [1.54, 1.807) is 22.0 Å². The van der Waals surface area contributed by atoms with Crippen molar-refractivity contribution >= 4 is 23.2 Å². The van der Waals surface area contributed by atoms with Crippen LogP contribution in [0.1, 0.15) is 41.0 Å². The molecule has 2 heterocycles. The van der Waals surface area contributed by atoms with Crippen molar-refractivity contribution in [2.24, 2.45) is 0 Å².